The summed E-state index contributed by atoms with van der Waals surface area (Å²) in [6.45, 7) is 4.63. The van der Waals surface area contributed by atoms with Gasteiger partial charge in [-0.1, -0.05) is 36.2 Å². The van der Waals surface area contributed by atoms with Crippen molar-refractivity contribution in [3.8, 4) is 0 Å². The molecule has 94 valence electrons. The number of nitrogen functional groups attached to an aromatic ring is 1. The van der Waals surface area contributed by atoms with Crippen LogP contribution >= 0.6 is 15.9 Å². The highest BCUT2D eigenvalue weighted by Gasteiger charge is 2.12. The van der Waals surface area contributed by atoms with Gasteiger partial charge in [0.15, 0.2) is 0 Å². The third-order valence-electron chi connectivity index (χ3n) is 2.51. The Labute approximate surface area is 110 Å². The Morgan fingerprint density at radius 1 is 1.53 bits per heavy atom. The number of esters is 1. The van der Waals surface area contributed by atoms with E-state index in [1.807, 2.05) is 0 Å². The van der Waals surface area contributed by atoms with Gasteiger partial charge in [-0.3, -0.25) is 0 Å². The number of ether oxygens (including phenoxy) is 1. The summed E-state index contributed by atoms with van der Waals surface area (Å²) in [5.41, 5.74) is 6.62. The summed E-state index contributed by atoms with van der Waals surface area (Å²) in [7, 11) is 0. The first-order valence-electron chi connectivity index (χ1n) is 5.76. The molecule has 0 aliphatic heterocycles. The maximum Gasteiger partial charge on any atom is 0.340 e. The van der Waals surface area contributed by atoms with E-state index in [4.69, 9.17) is 10.5 Å². The van der Waals surface area contributed by atoms with Crippen LogP contribution < -0.4 is 5.73 Å². The molecule has 2 N–H and O–H groups in total. The van der Waals surface area contributed by atoms with E-state index >= 15 is 0 Å². The number of carbonyl (C=O) groups is 1. The molecule has 0 amide bonds. The first kappa shape index (κ1) is 14.0. The van der Waals surface area contributed by atoms with Crippen molar-refractivity contribution in [3.63, 3.8) is 0 Å². The molecule has 0 heterocycles. The number of nitrogens with two attached hydrogens (primary N) is 1. The van der Waals surface area contributed by atoms with E-state index in [9.17, 15) is 4.79 Å². The molecule has 1 aromatic carbocycles. The zero-order chi connectivity index (χ0) is 12.8. The van der Waals surface area contributed by atoms with Gasteiger partial charge in [-0.15, -0.1) is 0 Å². The highest BCUT2D eigenvalue weighted by molar-refractivity contribution is 9.10. The van der Waals surface area contributed by atoms with Gasteiger partial charge in [-0.2, -0.15) is 0 Å². The van der Waals surface area contributed by atoms with Crippen LogP contribution in [0.1, 0.15) is 37.0 Å². The largest absolute Gasteiger partial charge is 0.462 e. The molecule has 17 heavy (non-hydrogen) atoms. The topological polar surface area (TPSA) is 52.3 Å². The highest BCUT2D eigenvalue weighted by Crippen LogP contribution is 2.19. The van der Waals surface area contributed by atoms with Crippen LogP contribution in [-0.4, -0.2) is 12.6 Å². The molecule has 3 nitrogen and oxygen atoms in total. The second-order valence-corrected chi connectivity index (χ2v) is 5.14. The van der Waals surface area contributed by atoms with Crippen LogP contribution in [0.5, 0.6) is 0 Å². The lowest BCUT2D eigenvalue weighted by Gasteiger charge is -2.11. The van der Waals surface area contributed by atoms with Crippen LogP contribution in [0, 0.1) is 5.92 Å². The standard InChI is InChI=1S/C13H18BrNO2/c1-3-4-9(2)8-17-13(16)11-6-5-10(14)7-12(11)15/h5-7,9H,3-4,8,15H2,1-2H3. The van der Waals surface area contributed by atoms with Gasteiger partial charge in [0, 0.05) is 10.2 Å². The predicted octanol–water partition coefficient (Wildman–Crippen LogP) is 3.62. The molecule has 0 radical (unpaired) electrons. The van der Waals surface area contributed by atoms with Crippen molar-refractivity contribution in [1.82, 2.24) is 0 Å². The normalized spacial score (nSPS) is 12.2. The average molecular weight is 300 g/mol. The number of halogens is 1. The van der Waals surface area contributed by atoms with E-state index < -0.39 is 0 Å². The SMILES string of the molecule is CCCC(C)COC(=O)c1ccc(Br)cc1N. The lowest BCUT2D eigenvalue weighted by Crippen LogP contribution is -2.13. The first-order valence-corrected chi connectivity index (χ1v) is 6.56. The summed E-state index contributed by atoms with van der Waals surface area (Å²) in [6.07, 6.45) is 2.15. The molecular weight excluding hydrogens is 282 g/mol. The van der Waals surface area contributed by atoms with Gasteiger partial charge < -0.3 is 10.5 Å². The van der Waals surface area contributed by atoms with Gasteiger partial charge in [-0.25, -0.2) is 4.79 Å². The van der Waals surface area contributed by atoms with Crippen molar-refractivity contribution < 1.29 is 9.53 Å². The van der Waals surface area contributed by atoms with Crippen LogP contribution in [0.25, 0.3) is 0 Å². The fourth-order valence-corrected chi connectivity index (χ4v) is 1.97. The average Bonchev–Trinajstić information content (AvgIpc) is 2.26. The Kier molecular flexibility index (Phi) is 5.48. The Morgan fingerprint density at radius 3 is 2.82 bits per heavy atom. The number of benzene rings is 1. The molecule has 0 spiro atoms. The molecule has 0 aliphatic rings. The lowest BCUT2D eigenvalue weighted by atomic mass is 10.1. The number of hydrogen-bond donors (Lipinski definition) is 1. The van der Waals surface area contributed by atoms with Crippen LogP contribution in [0.15, 0.2) is 22.7 Å². The van der Waals surface area contributed by atoms with Gasteiger partial charge in [0.25, 0.3) is 0 Å². The van der Waals surface area contributed by atoms with Crippen LogP contribution in [0.2, 0.25) is 0 Å². The maximum atomic E-state index is 11.8. The molecule has 0 saturated heterocycles. The van der Waals surface area contributed by atoms with Crippen LogP contribution in [-0.2, 0) is 4.74 Å². The molecule has 0 saturated carbocycles. The van der Waals surface area contributed by atoms with Crippen LogP contribution in [0.3, 0.4) is 0 Å². The van der Waals surface area contributed by atoms with Crippen LogP contribution in [0.4, 0.5) is 5.69 Å². The summed E-state index contributed by atoms with van der Waals surface area (Å²) in [6, 6.07) is 5.15. The summed E-state index contributed by atoms with van der Waals surface area (Å²) < 4.78 is 6.08. The number of anilines is 1. The Hall–Kier alpha value is -1.03. The van der Waals surface area contributed by atoms with E-state index in [0.717, 1.165) is 17.3 Å². The Balaban J connectivity index is 2.58. The van der Waals surface area contributed by atoms with Gasteiger partial charge in [-0.05, 0) is 30.5 Å². The minimum Gasteiger partial charge on any atom is -0.462 e. The third kappa shape index (κ3) is 4.38. The third-order valence-corrected chi connectivity index (χ3v) is 3.01. The number of carbonyl (C=O) groups excluding carboxylic acids is 1. The molecule has 0 aromatic heterocycles. The number of hydrogen-bond acceptors (Lipinski definition) is 3. The van der Waals surface area contributed by atoms with Gasteiger partial charge in [0.1, 0.15) is 0 Å². The smallest absolute Gasteiger partial charge is 0.340 e. The second-order valence-electron chi connectivity index (χ2n) is 4.22. The van der Waals surface area contributed by atoms with E-state index in [1.165, 1.54) is 0 Å². The van der Waals surface area contributed by atoms with Crippen molar-refractivity contribution in [2.45, 2.75) is 26.7 Å². The zero-order valence-electron chi connectivity index (χ0n) is 10.2. The molecule has 4 heteroatoms. The molecule has 1 rings (SSSR count). The Bertz CT molecular complexity index is 393. The molecule has 1 atom stereocenters. The van der Waals surface area contributed by atoms with Gasteiger partial charge in [0.05, 0.1) is 12.2 Å². The molecular formula is C13H18BrNO2. The van der Waals surface area contributed by atoms with E-state index in [0.29, 0.717) is 23.8 Å². The van der Waals surface area contributed by atoms with E-state index in [-0.39, 0.29) is 5.97 Å². The summed E-state index contributed by atoms with van der Waals surface area (Å²) >= 11 is 3.30. The first-order chi connectivity index (χ1) is 8.04. The van der Waals surface area contributed by atoms with Crippen molar-refractivity contribution in [2.75, 3.05) is 12.3 Å². The minimum absolute atomic E-state index is 0.349. The lowest BCUT2D eigenvalue weighted by molar-refractivity contribution is 0.0445. The second kappa shape index (κ2) is 6.64. The fraction of sp³-hybridized carbons (Fsp3) is 0.462. The van der Waals surface area contributed by atoms with Crippen molar-refractivity contribution >= 4 is 27.6 Å². The highest BCUT2D eigenvalue weighted by atomic mass is 79.9. The van der Waals surface area contributed by atoms with Crippen molar-refractivity contribution in [3.05, 3.63) is 28.2 Å². The molecule has 1 unspecified atom stereocenters. The summed E-state index contributed by atoms with van der Waals surface area (Å²) in [4.78, 5) is 11.8. The molecule has 0 bridgehead atoms. The molecule has 1 aromatic rings. The molecule has 0 aliphatic carbocycles. The van der Waals surface area contributed by atoms with E-state index in [2.05, 4.69) is 29.8 Å². The van der Waals surface area contributed by atoms with Gasteiger partial charge in [0.2, 0.25) is 0 Å². The van der Waals surface area contributed by atoms with Crippen molar-refractivity contribution in [2.24, 2.45) is 5.92 Å². The summed E-state index contributed by atoms with van der Waals surface area (Å²) in [5.74, 6) is 0.0403. The number of rotatable bonds is 5. The molecule has 0 fully saturated rings. The van der Waals surface area contributed by atoms with Crippen molar-refractivity contribution in [1.29, 1.82) is 0 Å². The minimum atomic E-state index is -0.349. The Morgan fingerprint density at radius 2 is 2.24 bits per heavy atom. The monoisotopic (exact) mass is 299 g/mol. The maximum absolute atomic E-state index is 11.8. The van der Waals surface area contributed by atoms with E-state index in [1.54, 1.807) is 18.2 Å². The van der Waals surface area contributed by atoms with Gasteiger partial charge >= 0.3 is 5.97 Å². The summed E-state index contributed by atoms with van der Waals surface area (Å²) in [5, 5.41) is 0. The quantitative estimate of drug-likeness (QED) is 0.667. The zero-order valence-corrected chi connectivity index (χ0v) is 11.8. The fourth-order valence-electron chi connectivity index (χ4n) is 1.59. The predicted molar refractivity (Wildman–Crippen MR) is 72.9 cm³/mol.